The highest BCUT2D eigenvalue weighted by molar-refractivity contribution is 6.31. The number of halogens is 1. The van der Waals surface area contributed by atoms with Gasteiger partial charge in [0.05, 0.1) is 0 Å². The first kappa shape index (κ1) is 19.5. The zero-order chi connectivity index (χ0) is 17.6. The van der Waals surface area contributed by atoms with Gasteiger partial charge in [0.2, 0.25) is 11.8 Å². The molecular weight excluding hydrogens is 312 g/mol. The minimum absolute atomic E-state index is 0.140. The van der Waals surface area contributed by atoms with Crippen LogP contribution in [0, 0.1) is 12.3 Å². The molecule has 0 bridgehead atoms. The monoisotopic (exact) mass is 338 g/mol. The topological polar surface area (TPSA) is 49.4 Å². The summed E-state index contributed by atoms with van der Waals surface area (Å²) in [4.78, 5) is 27.2. The number of benzene rings is 1. The fourth-order valence-electron chi connectivity index (χ4n) is 2.37. The molecule has 5 heteroatoms. The highest BCUT2D eigenvalue weighted by Crippen LogP contribution is 2.27. The number of rotatable bonds is 7. The van der Waals surface area contributed by atoms with Crippen LogP contribution in [0.1, 0.15) is 46.1 Å². The molecule has 0 fully saturated rings. The lowest BCUT2D eigenvalue weighted by atomic mass is 9.89. The maximum atomic E-state index is 12.8. The Labute approximate surface area is 144 Å². The van der Waals surface area contributed by atoms with Gasteiger partial charge in [0, 0.05) is 23.8 Å². The largest absolute Gasteiger partial charge is 0.342 e. The van der Waals surface area contributed by atoms with Crippen molar-refractivity contribution < 1.29 is 9.59 Å². The van der Waals surface area contributed by atoms with Gasteiger partial charge in [-0.05, 0) is 51.3 Å². The van der Waals surface area contributed by atoms with Gasteiger partial charge in [0.1, 0.15) is 5.41 Å². The molecule has 1 aromatic rings. The molecule has 0 aromatic heterocycles. The Morgan fingerprint density at radius 2 is 1.74 bits per heavy atom. The van der Waals surface area contributed by atoms with Crippen molar-refractivity contribution in [3.8, 4) is 0 Å². The molecule has 4 nitrogen and oxygen atoms in total. The van der Waals surface area contributed by atoms with E-state index in [-0.39, 0.29) is 11.8 Å². The maximum absolute atomic E-state index is 12.8. The molecule has 23 heavy (non-hydrogen) atoms. The van der Waals surface area contributed by atoms with Crippen molar-refractivity contribution in [2.24, 2.45) is 5.41 Å². The van der Waals surface area contributed by atoms with Crippen LogP contribution >= 0.6 is 11.6 Å². The SMILES string of the molecule is CCCN(CCC)C(=O)C(C)(C)C(=O)Nc1cccc(Cl)c1C. The summed E-state index contributed by atoms with van der Waals surface area (Å²) in [6, 6.07) is 5.34. The van der Waals surface area contributed by atoms with E-state index in [2.05, 4.69) is 5.32 Å². The molecule has 1 N–H and O–H groups in total. The van der Waals surface area contributed by atoms with Crippen LogP contribution in [0.15, 0.2) is 18.2 Å². The zero-order valence-corrected chi connectivity index (χ0v) is 15.5. The van der Waals surface area contributed by atoms with E-state index < -0.39 is 5.41 Å². The first-order valence-electron chi connectivity index (χ1n) is 8.11. The second-order valence-corrected chi connectivity index (χ2v) is 6.69. The van der Waals surface area contributed by atoms with Crippen LogP contribution in [0.4, 0.5) is 5.69 Å². The van der Waals surface area contributed by atoms with Crippen molar-refractivity contribution in [2.75, 3.05) is 18.4 Å². The molecule has 0 unspecified atom stereocenters. The van der Waals surface area contributed by atoms with E-state index in [0.29, 0.717) is 23.8 Å². The van der Waals surface area contributed by atoms with Crippen LogP contribution in [-0.4, -0.2) is 29.8 Å². The second kappa shape index (κ2) is 8.34. The van der Waals surface area contributed by atoms with Gasteiger partial charge in [-0.1, -0.05) is 31.5 Å². The highest BCUT2D eigenvalue weighted by Gasteiger charge is 2.39. The predicted octanol–water partition coefficient (Wildman–Crippen LogP) is 4.26. The van der Waals surface area contributed by atoms with Crippen LogP contribution in [0.3, 0.4) is 0 Å². The molecule has 0 atom stereocenters. The summed E-state index contributed by atoms with van der Waals surface area (Å²) in [6.07, 6.45) is 1.74. The predicted molar refractivity (Wildman–Crippen MR) is 95.8 cm³/mol. The minimum atomic E-state index is -1.13. The Balaban J connectivity index is 2.95. The van der Waals surface area contributed by atoms with Gasteiger partial charge in [-0.2, -0.15) is 0 Å². The van der Waals surface area contributed by atoms with E-state index in [9.17, 15) is 9.59 Å². The summed E-state index contributed by atoms with van der Waals surface area (Å²) < 4.78 is 0. The standard InChI is InChI=1S/C18H27ClN2O2/c1-6-11-21(12-7-2)17(23)18(4,5)16(22)20-15-10-8-9-14(19)13(15)3/h8-10H,6-7,11-12H2,1-5H3,(H,20,22). The smallest absolute Gasteiger partial charge is 0.239 e. The Morgan fingerprint density at radius 3 is 2.26 bits per heavy atom. The summed E-state index contributed by atoms with van der Waals surface area (Å²) in [5, 5.41) is 3.43. The van der Waals surface area contributed by atoms with Crippen LogP contribution < -0.4 is 5.32 Å². The third-order valence-electron chi connectivity index (χ3n) is 3.89. The molecular formula is C18H27ClN2O2. The lowest BCUT2D eigenvalue weighted by Crippen LogP contribution is -2.48. The number of nitrogens with one attached hydrogen (secondary N) is 1. The molecule has 0 saturated carbocycles. The van der Waals surface area contributed by atoms with Gasteiger partial charge in [-0.3, -0.25) is 9.59 Å². The number of anilines is 1. The number of hydrogen-bond donors (Lipinski definition) is 1. The number of hydrogen-bond acceptors (Lipinski definition) is 2. The number of carbonyl (C=O) groups is 2. The zero-order valence-electron chi connectivity index (χ0n) is 14.7. The Morgan fingerprint density at radius 1 is 1.17 bits per heavy atom. The molecule has 1 aromatic carbocycles. The van der Waals surface area contributed by atoms with E-state index in [4.69, 9.17) is 11.6 Å². The first-order valence-corrected chi connectivity index (χ1v) is 8.49. The molecule has 0 aliphatic rings. The van der Waals surface area contributed by atoms with Crippen molar-refractivity contribution in [3.63, 3.8) is 0 Å². The number of nitrogens with zero attached hydrogens (tertiary/aromatic N) is 1. The molecule has 0 spiro atoms. The average Bonchev–Trinajstić information content (AvgIpc) is 2.50. The molecule has 0 heterocycles. The van der Waals surface area contributed by atoms with Gasteiger partial charge in [0.25, 0.3) is 0 Å². The quantitative estimate of drug-likeness (QED) is 0.755. The van der Waals surface area contributed by atoms with E-state index >= 15 is 0 Å². The molecule has 0 aliphatic heterocycles. The molecule has 2 amide bonds. The third-order valence-corrected chi connectivity index (χ3v) is 4.30. The van der Waals surface area contributed by atoms with E-state index in [1.165, 1.54) is 0 Å². The Hall–Kier alpha value is -1.55. The van der Waals surface area contributed by atoms with Crippen molar-refractivity contribution in [2.45, 2.75) is 47.5 Å². The molecule has 128 valence electrons. The van der Waals surface area contributed by atoms with Gasteiger partial charge >= 0.3 is 0 Å². The minimum Gasteiger partial charge on any atom is -0.342 e. The van der Waals surface area contributed by atoms with Crippen LogP contribution in [0.2, 0.25) is 5.02 Å². The summed E-state index contributed by atoms with van der Waals surface area (Å²) in [6.45, 7) is 10.6. The fraction of sp³-hybridized carbons (Fsp3) is 0.556. The summed E-state index contributed by atoms with van der Waals surface area (Å²) in [5.74, 6) is -0.455. The average molecular weight is 339 g/mol. The van der Waals surface area contributed by atoms with Gasteiger partial charge < -0.3 is 10.2 Å². The fourth-order valence-corrected chi connectivity index (χ4v) is 2.54. The maximum Gasteiger partial charge on any atom is 0.239 e. The number of amides is 2. The van der Waals surface area contributed by atoms with Crippen molar-refractivity contribution in [3.05, 3.63) is 28.8 Å². The molecule has 0 aliphatic carbocycles. The van der Waals surface area contributed by atoms with Crippen LogP contribution in [0.5, 0.6) is 0 Å². The summed E-state index contributed by atoms with van der Waals surface area (Å²) in [5.41, 5.74) is 0.310. The Kier molecular flexibility index (Phi) is 7.07. The molecule has 0 radical (unpaired) electrons. The van der Waals surface area contributed by atoms with Crippen LogP contribution in [0.25, 0.3) is 0 Å². The lowest BCUT2D eigenvalue weighted by Gasteiger charge is -2.31. The normalized spacial score (nSPS) is 11.2. The summed E-state index contributed by atoms with van der Waals surface area (Å²) >= 11 is 6.08. The second-order valence-electron chi connectivity index (χ2n) is 6.28. The van der Waals surface area contributed by atoms with Crippen molar-refractivity contribution in [1.29, 1.82) is 0 Å². The summed E-state index contributed by atoms with van der Waals surface area (Å²) in [7, 11) is 0. The van der Waals surface area contributed by atoms with Crippen LogP contribution in [-0.2, 0) is 9.59 Å². The number of carbonyl (C=O) groups excluding carboxylic acids is 2. The van der Waals surface area contributed by atoms with E-state index in [0.717, 1.165) is 18.4 Å². The van der Waals surface area contributed by atoms with Gasteiger partial charge in [-0.15, -0.1) is 0 Å². The van der Waals surface area contributed by atoms with Gasteiger partial charge in [0.15, 0.2) is 0 Å². The third kappa shape index (κ3) is 4.71. The lowest BCUT2D eigenvalue weighted by molar-refractivity contribution is -0.146. The van der Waals surface area contributed by atoms with Gasteiger partial charge in [-0.25, -0.2) is 0 Å². The highest BCUT2D eigenvalue weighted by atomic mass is 35.5. The van der Waals surface area contributed by atoms with E-state index in [1.54, 1.807) is 36.9 Å². The first-order chi connectivity index (χ1) is 10.8. The van der Waals surface area contributed by atoms with E-state index in [1.807, 2.05) is 20.8 Å². The molecule has 1 rings (SSSR count). The van der Waals surface area contributed by atoms with Crippen molar-refractivity contribution in [1.82, 2.24) is 4.90 Å². The van der Waals surface area contributed by atoms with Crippen molar-refractivity contribution >= 4 is 29.1 Å². The molecule has 0 saturated heterocycles. The Bertz CT molecular complexity index is 564.